The highest BCUT2D eigenvalue weighted by Gasteiger charge is 2.33. The summed E-state index contributed by atoms with van der Waals surface area (Å²) in [7, 11) is -3.66. The first-order chi connectivity index (χ1) is 12.8. The number of amides is 1. The van der Waals surface area contributed by atoms with E-state index in [0.717, 1.165) is 5.56 Å². The van der Waals surface area contributed by atoms with Gasteiger partial charge in [-0.15, -0.1) is 0 Å². The maximum atomic E-state index is 12.8. The molecule has 0 spiro atoms. The SMILES string of the molecule is Cc1ccc(NC(=O)C2CCCN(S(=O)(=O)c3ccc(Cl)cc3)C2)cc1Cl. The van der Waals surface area contributed by atoms with Crippen molar-refractivity contribution in [3.8, 4) is 0 Å². The van der Waals surface area contributed by atoms with Crippen LogP contribution in [0.15, 0.2) is 47.4 Å². The zero-order valence-electron chi connectivity index (χ0n) is 14.8. The molecule has 2 aromatic rings. The van der Waals surface area contributed by atoms with Gasteiger partial charge >= 0.3 is 0 Å². The van der Waals surface area contributed by atoms with Crippen LogP contribution in [0, 0.1) is 12.8 Å². The number of carbonyl (C=O) groups is 1. The summed E-state index contributed by atoms with van der Waals surface area (Å²) in [5, 5.41) is 3.88. The van der Waals surface area contributed by atoms with Crippen molar-refractivity contribution in [2.75, 3.05) is 18.4 Å². The predicted molar refractivity (Wildman–Crippen MR) is 108 cm³/mol. The molecule has 1 heterocycles. The van der Waals surface area contributed by atoms with E-state index in [1.807, 2.05) is 13.0 Å². The number of halogens is 2. The van der Waals surface area contributed by atoms with Gasteiger partial charge in [0.2, 0.25) is 15.9 Å². The number of hydrogen-bond acceptors (Lipinski definition) is 3. The van der Waals surface area contributed by atoms with Crippen molar-refractivity contribution in [3.05, 3.63) is 58.1 Å². The number of carbonyl (C=O) groups excluding carboxylic acids is 1. The summed E-state index contributed by atoms with van der Waals surface area (Å²) < 4.78 is 27.0. The second kappa shape index (κ2) is 8.19. The molecule has 1 saturated heterocycles. The van der Waals surface area contributed by atoms with Gasteiger partial charge in [-0.3, -0.25) is 4.79 Å². The lowest BCUT2D eigenvalue weighted by Gasteiger charge is -2.31. The fourth-order valence-corrected chi connectivity index (χ4v) is 4.88. The fraction of sp³-hybridized carbons (Fsp3) is 0.316. The number of piperidine rings is 1. The van der Waals surface area contributed by atoms with Crippen molar-refractivity contribution < 1.29 is 13.2 Å². The molecule has 0 radical (unpaired) electrons. The summed E-state index contributed by atoms with van der Waals surface area (Å²) in [5.74, 6) is -0.619. The summed E-state index contributed by atoms with van der Waals surface area (Å²) in [6, 6.07) is 11.4. The molecule has 27 heavy (non-hydrogen) atoms. The molecular formula is C19H20Cl2N2O3S. The van der Waals surface area contributed by atoms with Crippen LogP contribution in [0.4, 0.5) is 5.69 Å². The second-order valence-corrected chi connectivity index (χ2v) is 9.39. The number of hydrogen-bond donors (Lipinski definition) is 1. The first-order valence-corrected chi connectivity index (χ1v) is 10.8. The third kappa shape index (κ3) is 4.63. The lowest BCUT2D eigenvalue weighted by Crippen LogP contribution is -2.43. The standard InChI is InChI=1S/C19H20Cl2N2O3S/c1-13-4-7-16(11-18(13)21)22-19(24)14-3-2-10-23(12-14)27(25,26)17-8-5-15(20)6-9-17/h4-9,11,14H,2-3,10,12H2,1H3,(H,22,24). The van der Waals surface area contributed by atoms with Crippen molar-refractivity contribution >= 4 is 44.8 Å². The summed E-state index contributed by atoms with van der Waals surface area (Å²) in [4.78, 5) is 12.8. The van der Waals surface area contributed by atoms with Crippen LogP contribution in [0.5, 0.6) is 0 Å². The van der Waals surface area contributed by atoms with Crippen LogP contribution in [-0.2, 0) is 14.8 Å². The number of benzene rings is 2. The van der Waals surface area contributed by atoms with E-state index >= 15 is 0 Å². The maximum absolute atomic E-state index is 12.8. The maximum Gasteiger partial charge on any atom is 0.243 e. The first-order valence-electron chi connectivity index (χ1n) is 8.60. The number of rotatable bonds is 4. The molecule has 1 N–H and O–H groups in total. The summed E-state index contributed by atoms with van der Waals surface area (Å²) in [5.41, 5.74) is 1.53. The predicted octanol–water partition coefficient (Wildman–Crippen LogP) is 4.34. The first kappa shape index (κ1) is 20.1. The van der Waals surface area contributed by atoms with E-state index in [9.17, 15) is 13.2 Å². The topological polar surface area (TPSA) is 66.5 Å². The van der Waals surface area contributed by atoms with Gasteiger partial charge in [0.1, 0.15) is 0 Å². The van der Waals surface area contributed by atoms with Crippen LogP contribution < -0.4 is 5.32 Å². The van der Waals surface area contributed by atoms with Gasteiger partial charge in [-0.05, 0) is 61.7 Å². The smallest absolute Gasteiger partial charge is 0.243 e. The van der Waals surface area contributed by atoms with E-state index in [-0.39, 0.29) is 17.3 Å². The van der Waals surface area contributed by atoms with Gasteiger partial charge in [0.25, 0.3) is 0 Å². The van der Waals surface area contributed by atoms with E-state index in [4.69, 9.17) is 23.2 Å². The van der Waals surface area contributed by atoms with Gasteiger partial charge in [-0.1, -0.05) is 29.3 Å². The van der Waals surface area contributed by atoms with Crippen LogP contribution >= 0.6 is 23.2 Å². The van der Waals surface area contributed by atoms with Gasteiger partial charge < -0.3 is 5.32 Å². The Kier molecular flexibility index (Phi) is 6.11. The van der Waals surface area contributed by atoms with E-state index in [0.29, 0.717) is 35.1 Å². The second-order valence-electron chi connectivity index (χ2n) is 6.61. The Morgan fingerprint density at radius 1 is 1.15 bits per heavy atom. The minimum absolute atomic E-state index is 0.149. The monoisotopic (exact) mass is 426 g/mol. The molecule has 1 aliphatic heterocycles. The van der Waals surface area contributed by atoms with Crippen LogP contribution in [0.2, 0.25) is 10.0 Å². The highest BCUT2D eigenvalue weighted by molar-refractivity contribution is 7.89. The van der Waals surface area contributed by atoms with Gasteiger partial charge in [0.15, 0.2) is 0 Å². The summed E-state index contributed by atoms with van der Waals surface area (Å²) in [6.07, 6.45) is 1.26. The molecule has 2 aromatic carbocycles. The van der Waals surface area contributed by atoms with Gasteiger partial charge in [0, 0.05) is 28.8 Å². The third-order valence-corrected chi connectivity index (χ3v) is 7.18. The molecular weight excluding hydrogens is 407 g/mol. The summed E-state index contributed by atoms with van der Waals surface area (Å²) in [6.45, 7) is 2.43. The minimum Gasteiger partial charge on any atom is -0.326 e. The van der Waals surface area contributed by atoms with Gasteiger partial charge in [-0.25, -0.2) is 8.42 Å². The molecule has 1 unspecified atom stereocenters. The third-order valence-electron chi connectivity index (χ3n) is 4.65. The van der Waals surface area contributed by atoms with Crippen molar-refractivity contribution in [2.24, 2.45) is 5.92 Å². The molecule has 5 nitrogen and oxygen atoms in total. The molecule has 0 saturated carbocycles. The van der Waals surface area contributed by atoms with E-state index in [1.54, 1.807) is 24.3 Å². The molecule has 3 rings (SSSR count). The molecule has 0 bridgehead atoms. The Morgan fingerprint density at radius 3 is 2.52 bits per heavy atom. The summed E-state index contributed by atoms with van der Waals surface area (Å²) >= 11 is 11.9. The lowest BCUT2D eigenvalue weighted by molar-refractivity contribution is -0.120. The van der Waals surface area contributed by atoms with Crippen LogP contribution in [0.25, 0.3) is 0 Å². The number of nitrogens with one attached hydrogen (secondary N) is 1. The largest absolute Gasteiger partial charge is 0.326 e. The normalized spacial score (nSPS) is 18.3. The average Bonchev–Trinajstić information content (AvgIpc) is 2.65. The highest BCUT2D eigenvalue weighted by atomic mass is 35.5. The van der Waals surface area contributed by atoms with Crippen LogP contribution in [-0.4, -0.2) is 31.7 Å². The quantitative estimate of drug-likeness (QED) is 0.790. The number of sulfonamides is 1. The molecule has 1 fully saturated rings. The number of nitrogens with zero attached hydrogens (tertiary/aromatic N) is 1. The Balaban J connectivity index is 1.72. The molecule has 0 aromatic heterocycles. The van der Waals surface area contributed by atoms with Crippen LogP contribution in [0.1, 0.15) is 18.4 Å². The Morgan fingerprint density at radius 2 is 1.85 bits per heavy atom. The molecule has 1 atom stereocenters. The van der Waals surface area contributed by atoms with E-state index in [1.165, 1.54) is 16.4 Å². The lowest BCUT2D eigenvalue weighted by atomic mass is 9.98. The molecule has 8 heteroatoms. The van der Waals surface area contributed by atoms with E-state index < -0.39 is 15.9 Å². The molecule has 1 aliphatic rings. The average molecular weight is 427 g/mol. The Hall–Kier alpha value is -1.60. The Bertz CT molecular complexity index is 946. The van der Waals surface area contributed by atoms with Crippen molar-refractivity contribution in [1.29, 1.82) is 0 Å². The zero-order valence-corrected chi connectivity index (χ0v) is 17.1. The molecule has 0 aliphatic carbocycles. The van der Waals surface area contributed by atoms with Gasteiger partial charge in [0.05, 0.1) is 10.8 Å². The van der Waals surface area contributed by atoms with Crippen molar-refractivity contribution in [1.82, 2.24) is 4.31 Å². The zero-order chi connectivity index (χ0) is 19.6. The minimum atomic E-state index is -3.66. The van der Waals surface area contributed by atoms with Crippen LogP contribution in [0.3, 0.4) is 0 Å². The molecule has 1 amide bonds. The highest BCUT2D eigenvalue weighted by Crippen LogP contribution is 2.26. The Labute approximate surface area is 169 Å². The van der Waals surface area contributed by atoms with Crippen molar-refractivity contribution in [2.45, 2.75) is 24.7 Å². The van der Waals surface area contributed by atoms with Crippen molar-refractivity contribution in [3.63, 3.8) is 0 Å². The number of aryl methyl sites for hydroxylation is 1. The molecule has 144 valence electrons. The number of anilines is 1. The fourth-order valence-electron chi connectivity index (χ4n) is 3.05. The van der Waals surface area contributed by atoms with E-state index in [2.05, 4.69) is 5.32 Å². The van der Waals surface area contributed by atoms with Gasteiger partial charge in [-0.2, -0.15) is 4.31 Å².